The molecule has 0 aromatic heterocycles. The Hall–Kier alpha value is -1.06. The van der Waals surface area contributed by atoms with E-state index in [9.17, 15) is 0 Å². The molecule has 0 heterocycles. The summed E-state index contributed by atoms with van der Waals surface area (Å²) in [6, 6.07) is 4.24. The minimum Gasteiger partial charge on any atom is -0.496 e. The number of rotatable bonds is 6. The van der Waals surface area contributed by atoms with Crippen LogP contribution in [0.4, 0.5) is 0 Å². The van der Waals surface area contributed by atoms with Crippen LogP contribution in [-0.2, 0) is 11.3 Å². The van der Waals surface area contributed by atoms with Gasteiger partial charge in [0.1, 0.15) is 5.75 Å². The lowest BCUT2D eigenvalue weighted by atomic mass is 10.1. The third kappa shape index (κ3) is 3.51. The molecule has 0 atom stereocenters. The molecule has 90 valence electrons. The standard InChI is InChI=1S/C13H21NO2/c1-10-7-11(2)13(15-4)12(8-10)9-16-6-5-14-3/h7-8,14H,5-6,9H2,1-4H3. The van der Waals surface area contributed by atoms with Crippen LogP contribution in [0.15, 0.2) is 12.1 Å². The fraction of sp³-hybridized carbons (Fsp3) is 0.538. The fourth-order valence-corrected chi connectivity index (χ4v) is 1.80. The highest BCUT2D eigenvalue weighted by Crippen LogP contribution is 2.25. The van der Waals surface area contributed by atoms with Crippen molar-refractivity contribution in [2.45, 2.75) is 20.5 Å². The molecular weight excluding hydrogens is 202 g/mol. The SMILES string of the molecule is CNCCOCc1cc(C)cc(C)c1OC. The van der Waals surface area contributed by atoms with E-state index in [1.807, 2.05) is 7.05 Å². The first-order valence-corrected chi connectivity index (χ1v) is 5.55. The molecule has 1 aromatic rings. The first-order valence-electron chi connectivity index (χ1n) is 5.55. The van der Waals surface area contributed by atoms with E-state index >= 15 is 0 Å². The van der Waals surface area contributed by atoms with Crippen molar-refractivity contribution in [2.24, 2.45) is 0 Å². The lowest BCUT2D eigenvalue weighted by molar-refractivity contribution is 0.122. The van der Waals surface area contributed by atoms with Gasteiger partial charge in [0.2, 0.25) is 0 Å². The molecule has 0 aliphatic carbocycles. The second kappa shape index (κ2) is 6.51. The molecule has 0 amide bonds. The van der Waals surface area contributed by atoms with Crippen molar-refractivity contribution in [3.63, 3.8) is 0 Å². The van der Waals surface area contributed by atoms with Crippen molar-refractivity contribution >= 4 is 0 Å². The van der Waals surface area contributed by atoms with Crippen molar-refractivity contribution in [1.29, 1.82) is 0 Å². The number of nitrogens with one attached hydrogen (secondary N) is 1. The Balaban J connectivity index is 2.69. The van der Waals surface area contributed by atoms with Gasteiger partial charge in [-0.2, -0.15) is 0 Å². The van der Waals surface area contributed by atoms with Gasteiger partial charge in [0.05, 0.1) is 20.3 Å². The molecule has 0 fully saturated rings. The zero-order chi connectivity index (χ0) is 12.0. The predicted octanol–water partition coefficient (Wildman–Crippen LogP) is 2.05. The molecule has 0 aliphatic heterocycles. The van der Waals surface area contributed by atoms with Crippen molar-refractivity contribution in [3.8, 4) is 5.75 Å². The summed E-state index contributed by atoms with van der Waals surface area (Å²) in [5.74, 6) is 0.940. The molecule has 0 saturated heterocycles. The second-order valence-corrected chi connectivity index (χ2v) is 3.93. The number of likely N-dealkylation sites (N-methyl/N-ethyl adjacent to an activating group) is 1. The summed E-state index contributed by atoms with van der Waals surface area (Å²) in [7, 11) is 3.62. The van der Waals surface area contributed by atoms with Crippen LogP contribution in [0.25, 0.3) is 0 Å². The smallest absolute Gasteiger partial charge is 0.127 e. The number of hydrogen-bond acceptors (Lipinski definition) is 3. The third-order valence-electron chi connectivity index (χ3n) is 2.45. The van der Waals surface area contributed by atoms with Gasteiger partial charge in [-0.05, 0) is 26.5 Å². The summed E-state index contributed by atoms with van der Waals surface area (Å²) < 4.78 is 11.0. The van der Waals surface area contributed by atoms with Crippen LogP contribution in [0.3, 0.4) is 0 Å². The Labute approximate surface area is 97.8 Å². The van der Waals surface area contributed by atoms with Gasteiger partial charge in [-0.1, -0.05) is 17.7 Å². The van der Waals surface area contributed by atoms with E-state index in [0.29, 0.717) is 13.2 Å². The van der Waals surface area contributed by atoms with E-state index in [-0.39, 0.29) is 0 Å². The molecule has 1 aromatic carbocycles. The van der Waals surface area contributed by atoms with Crippen LogP contribution in [0.2, 0.25) is 0 Å². The largest absolute Gasteiger partial charge is 0.496 e. The van der Waals surface area contributed by atoms with E-state index in [2.05, 4.69) is 31.3 Å². The Bertz CT molecular complexity index is 337. The summed E-state index contributed by atoms with van der Waals surface area (Å²) >= 11 is 0. The van der Waals surface area contributed by atoms with Gasteiger partial charge in [0.15, 0.2) is 0 Å². The van der Waals surface area contributed by atoms with Gasteiger partial charge in [-0.3, -0.25) is 0 Å². The average Bonchev–Trinajstić information content (AvgIpc) is 2.24. The van der Waals surface area contributed by atoms with E-state index in [1.54, 1.807) is 7.11 Å². The molecule has 1 rings (SSSR count). The second-order valence-electron chi connectivity index (χ2n) is 3.93. The average molecular weight is 223 g/mol. The molecular formula is C13H21NO2. The molecule has 0 unspecified atom stereocenters. The molecule has 0 spiro atoms. The van der Waals surface area contributed by atoms with Crippen molar-refractivity contribution in [1.82, 2.24) is 5.32 Å². The van der Waals surface area contributed by atoms with E-state index in [4.69, 9.17) is 9.47 Å². The maximum Gasteiger partial charge on any atom is 0.127 e. The molecule has 0 radical (unpaired) electrons. The van der Waals surface area contributed by atoms with Gasteiger partial charge < -0.3 is 14.8 Å². The summed E-state index contributed by atoms with van der Waals surface area (Å²) in [4.78, 5) is 0. The molecule has 0 aliphatic rings. The lowest BCUT2D eigenvalue weighted by Crippen LogP contribution is -2.14. The van der Waals surface area contributed by atoms with Gasteiger partial charge in [-0.25, -0.2) is 0 Å². The molecule has 3 nitrogen and oxygen atoms in total. The van der Waals surface area contributed by atoms with E-state index in [0.717, 1.165) is 23.4 Å². The normalized spacial score (nSPS) is 10.5. The number of aryl methyl sites for hydroxylation is 2. The van der Waals surface area contributed by atoms with Crippen LogP contribution >= 0.6 is 0 Å². The monoisotopic (exact) mass is 223 g/mol. The molecule has 16 heavy (non-hydrogen) atoms. The third-order valence-corrected chi connectivity index (χ3v) is 2.45. The van der Waals surface area contributed by atoms with E-state index < -0.39 is 0 Å². The Kier molecular flexibility index (Phi) is 5.29. The maximum absolute atomic E-state index is 5.57. The quantitative estimate of drug-likeness (QED) is 0.749. The minimum absolute atomic E-state index is 0.605. The Morgan fingerprint density at radius 1 is 1.25 bits per heavy atom. The molecule has 1 N–H and O–H groups in total. The number of methoxy groups -OCH3 is 1. The summed E-state index contributed by atoms with van der Waals surface area (Å²) in [6.45, 7) is 6.33. The first-order chi connectivity index (χ1) is 7.69. The maximum atomic E-state index is 5.57. The van der Waals surface area contributed by atoms with Crippen LogP contribution in [0, 0.1) is 13.8 Å². The highest BCUT2D eigenvalue weighted by Gasteiger charge is 2.07. The van der Waals surface area contributed by atoms with Gasteiger partial charge in [-0.15, -0.1) is 0 Å². The highest BCUT2D eigenvalue weighted by atomic mass is 16.5. The Morgan fingerprint density at radius 3 is 2.62 bits per heavy atom. The zero-order valence-corrected chi connectivity index (χ0v) is 10.6. The number of benzene rings is 1. The van der Waals surface area contributed by atoms with Crippen LogP contribution < -0.4 is 10.1 Å². The van der Waals surface area contributed by atoms with Crippen molar-refractivity contribution in [3.05, 3.63) is 28.8 Å². The highest BCUT2D eigenvalue weighted by molar-refractivity contribution is 5.43. The molecule has 3 heteroatoms. The zero-order valence-electron chi connectivity index (χ0n) is 10.6. The topological polar surface area (TPSA) is 30.5 Å². The fourth-order valence-electron chi connectivity index (χ4n) is 1.80. The van der Waals surface area contributed by atoms with Gasteiger partial charge in [0, 0.05) is 12.1 Å². The van der Waals surface area contributed by atoms with Gasteiger partial charge >= 0.3 is 0 Å². The van der Waals surface area contributed by atoms with E-state index in [1.165, 1.54) is 5.56 Å². The van der Waals surface area contributed by atoms with Crippen molar-refractivity contribution in [2.75, 3.05) is 27.3 Å². The number of hydrogen-bond donors (Lipinski definition) is 1. The summed E-state index contributed by atoms with van der Waals surface area (Å²) in [5, 5.41) is 3.05. The van der Waals surface area contributed by atoms with Crippen LogP contribution in [0.5, 0.6) is 5.75 Å². The lowest BCUT2D eigenvalue weighted by Gasteiger charge is -2.13. The molecule has 0 bridgehead atoms. The summed E-state index contributed by atoms with van der Waals surface area (Å²) in [6.07, 6.45) is 0. The van der Waals surface area contributed by atoms with Crippen LogP contribution in [-0.4, -0.2) is 27.3 Å². The number of ether oxygens (including phenoxy) is 2. The minimum atomic E-state index is 0.605. The van der Waals surface area contributed by atoms with Crippen molar-refractivity contribution < 1.29 is 9.47 Å². The molecule has 0 saturated carbocycles. The summed E-state index contributed by atoms with van der Waals surface area (Å²) in [5.41, 5.74) is 3.52. The first kappa shape index (κ1) is 13.0. The van der Waals surface area contributed by atoms with Crippen LogP contribution in [0.1, 0.15) is 16.7 Å². The Morgan fingerprint density at radius 2 is 2.00 bits per heavy atom. The predicted molar refractivity (Wildman–Crippen MR) is 66.1 cm³/mol. The van der Waals surface area contributed by atoms with Gasteiger partial charge in [0.25, 0.3) is 0 Å².